The molecule has 0 aliphatic rings. The van der Waals surface area contributed by atoms with Crippen LogP contribution in [0.2, 0.25) is 5.15 Å². The molecule has 2 aromatic rings. The number of aromatic nitrogens is 2. The van der Waals surface area contributed by atoms with Crippen molar-refractivity contribution in [3.8, 4) is 5.75 Å². The molecule has 0 fully saturated rings. The maximum absolute atomic E-state index is 6.14. The molecule has 0 unspecified atom stereocenters. The lowest BCUT2D eigenvalue weighted by atomic mass is 10.3. The molecule has 1 N–H and O–H groups in total. The Kier molecular flexibility index (Phi) is 5.81. The van der Waals surface area contributed by atoms with Gasteiger partial charge in [0, 0.05) is 12.0 Å². The van der Waals surface area contributed by atoms with Crippen LogP contribution < -0.4 is 10.1 Å². The zero-order valence-corrected chi connectivity index (χ0v) is 13.2. The molecule has 0 saturated carbocycles. The summed E-state index contributed by atoms with van der Waals surface area (Å²) in [5, 5.41) is 3.78. The molecule has 0 radical (unpaired) electrons. The van der Waals surface area contributed by atoms with E-state index in [2.05, 4.69) is 22.2 Å². The number of aryl methyl sites for hydroxylation is 1. The maximum atomic E-state index is 6.14. The van der Waals surface area contributed by atoms with Gasteiger partial charge in [-0.25, -0.2) is 9.97 Å². The van der Waals surface area contributed by atoms with Crippen molar-refractivity contribution >= 4 is 17.4 Å². The van der Waals surface area contributed by atoms with Gasteiger partial charge in [0.2, 0.25) is 0 Å². The van der Waals surface area contributed by atoms with Crippen LogP contribution in [-0.4, -0.2) is 23.1 Å². The average molecular weight is 306 g/mol. The van der Waals surface area contributed by atoms with Crippen LogP contribution in [0, 0.1) is 6.92 Å². The third kappa shape index (κ3) is 4.60. The summed E-state index contributed by atoms with van der Waals surface area (Å²) in [7, 11) is 0. The van der Waals surface area contributed by atoms with Gasteiger partial charge in [-0.15, -0.1) is 0 Å². The highest BCUT2D eigenvalue weighted by atomic mass is 35.5. The summed E-state index contributed by atoms with van der Waals surface area (Å²) < 4.78 is 5.64. The van der Waals surface area contributed by atoms with Gasteiger partial charge in [0.05, 0.1) is 6.54 Å². The van der Waals surface area contributed by atoms with E-state index in [-0.39, 0.29) is 0 Å². The van der Waals surface area contributed by atoms with Crippen LogP contribution >= 0.6 is 11.6 Å². The first-order valence-electron chi connectivity index (χ1n) is 7.15. The standard InChI is InChI=1S/C16H20ClN3O/c1-3-7-14-19-15(17)12(2)16(20-14)18-10-11-21-13-8-5-4-6-9-13/h4-6,8-9H,3,7,10-11H2,1-2H3,(H,18,19,20). The number of para-hydroxylation sites is 1. The Hall–Kier alpha value is -1.81. The van der Waals surface area contributed by atoms with Crippen LogP contribution in [0.4, 0.5) is 5.82 Å². The molecule has 1 aromatic heterocycles. The van der Waals surface area contributed by atoms with E-state index in [9.17, 15) is 0 Å². The van der Waals surface area contributed by atoms with Crippen molar-refractivity contribution in [2.75, 3.05) is 18.5 Å². The van der Waals surface area contributed by atoms with Crippen molar-refractivity contribution in [3.05, 3.63) is 46.9 Å². The minimum atomic E-state index is 0.514. The van der Waals surface area contributed by atoms with Gasteiger partial charge in [-0.05, 0) is 25.5 Å². The summed E-state index contributed by atoms with van der Waals surface area (Å²) >= 11 is 6.14. The van der Waals surface area contributed by atoms with Crippen LogP contribution in [0.15, 0.2) is 30.3 Å². The number of hydrogen-bond acceptors (Lipinski definition) is 4. The highest BCUT2D eigenvalue weighted by molar-refractivity contribution is 6.30. The minimum Gasteiger partial charge on any atom is -0.492 e. The Labute approximate surface area is 130 Å². The zero-order chi connectivity index (χ0) is 15.1. The van der Waals surface area contributed by atoms with Crippen molar-refractivity contribution in [2.45, 2.75) is 26.7 Å². The van der Waals surface area contributed by atoms with E-state index in [0.29, 0.717) is 18.3 Å². The Balaban J connectivity index is 1.90. The molecule has 0 saturated heterocycles. The van der Waals surface area contributed by atoms with Crippen molar-refractivity contribution in [1.29, 1.82) is 0 Å². The summed E-state index contributed by atoms with van der Waals surface area (Å²) in [6, 6.07) is 9.74. The lowest BCUT2D eigenvalue weighted by molar-refractivity contribution is 0.332. The smallest absolute Gasteiger partial charge is 0.137 e. The third-order valence-corrected chi connectivity index (χ3v) is 3.38. The molecule has 0 aliphatic carbocycles. The number of nitrogens with zero attached hydrogens (tertiary/aromatic N) is 2. The van der Waals surface area contributed by atoms with Gasteiger partial charge in [0.25, 0.3) is 0 Å². The predicted octanol–water partition coefficient (Wildman–Crippen LogP) is 3.88. The fourth-order valence-electron chi connectivity index (χ4n) is 1.90. The van der Waals surface area contributed by atoms with E-state index in [1.54, 1.807) is 0 Å². The van der Waals surface area contributed by atoms with E-state index < -0.39 is 0 Å². The number of nitrogens with one attached hydrogen (secondary N) is 1. The summed E-state index contributed by atoms with van der Waals surface area (Å²) in [6.07, 6.45) is 1.82. The van der Waals surface area contributed by atoms with Crippen LogP contribution in [0.3, 0.4) is 0 Å². The predicted molar refractivity (Wildman–Crippen MR) is 86.2 cm³/mol. The molecule has 0 amide bonds. The van der Waals surface area contributed by atoms with E-state index in [1.165, 1.54) is 0 Å². The minimum absolute atomic E-state index is 0.514. The van der Waals surface area contributed by atoms with Crippen molar-refractivity contribution < 1.29 is 4.74 Å². The number of halogens is 1. The molecule has 112 valence electrons. The van der Waals surface area contributed by atoms with E-state index in [1.807, 2.05) is 37.3 Å². The fraction of sp³-hybridized carbons (Fsp3) is 0.375. The second kappa shape index (κ2) is 7.84. The largest absolute Gasteiger partial charge is 0.492 e. The highest BCUT2D eigenvalue weighted by Gasteiger charge is 2.08. The summed E-state index contributed by atoms with van der Waals surface area (Å²) in [5.74, 6) is 2.43. The van der Waals surface area contributed by atoms with Gasteiger partial charge in [-0.3, -0.25) is 0 Å². The molecular formula is C16H20ClN3O. The van der Waals surface area contributed by atoms with Crippen LogP contribution in [0.1, 0.15) is 24.7 Å². The Bertz CT molecular complexity index is 575. The quantitative estimate of drug-likeness (QED) is 0.623. The monoisotopic (exact) mass is 305 g/mol. The topological polar surface area (TPSA) is 47.0 Å². The van der Waals surface area contributed by atoms with Crippen molar-refractivity contribution in [2.24, 2.45) is 0 Å². The lowest BCUT2D eigenvalue weighted by Gasteiger charge is -2.12. The highest BCUT2D eigenvalue weighted by Crippen LogP contribution is 2.20. The zero-order valence-electron chi connectivity index (χ0n) is 12.4. The normalized spacial score (nSPS) is 10.4. The molecule has 0 aliphatic heterocycles. The summed E-state index contributed by atoms with van der Waals surface area (Å²) in [5.41, 5.74) is 0.872. The molecule has 0 atom stereocenters. The summed E-state index contributed by atoms with van der Waals surface area (Å²) in [6.45, 7) is 5.24. The van der Waals surface area contributed by atoms with E-state index in [0.717, 1.165) is 35.8 Å². The second-order valence-electron chi connectivity index (χ2n) is 4.74. The number of anilines is 1. The van der Waals surface area contributed by atoms with Gasteiger partial charge < -0.3 is 10.1 Å². The fourth-order valence-corrected chi connectivity index (χ4v) is 2.08. The molecule has 0 bridgehead atoms. The first kappa shape index (κ1) is 15.6. The Morgan fingerprint density at radius 3 is 2.67 bits per heavy atom. The van der Waals surface area contributed by atoms with Gasteiger partial charge in [-0.1, -0.05) is 36.7 Å². The van der Waals surface area contributed by atoms with Crippen LogP contribution in [0.5, 0.6) is 5.75 Å². The average Bonchev–Trinajstić information content (AvgIpc) is 2.49. The molecule has 1 aromatic carbocycles. The first-order chi connectivity index (χ1) is 10.2. The molecule has 0 spiro atoms. The maximum Gasteiger partial charge on any atom is 0.137 e. The number of ether oxygens (including phenoxy) is 1. The second-order valence-corrected chi connectivity index (χ2v) is 5.10. The van der Waals surface area contributed by atoms with Crippen molar-refractivity contribution in [3.63, 3.8) is 0 Å². The van der Waals surface area contributed by atoms with Gasteiger partial charge in [0.1, 0.15) is 29.2 Å². The van der Waals surface area contributed by atoms with E-state index in [4.69, 9.17) is 16.3 Å². The third-order valence-electron chi connectivity index (χ3n) is 3.01. The first-order valence-corrected chi connectivity index (χ1v) is 7.53. The molecule has 5 heteroatoms. The Morgan fingerprint density at radius 1 is 1.19 bits per heavy atom. The molecule has 21 heavy (non-hydrogen) atoms. The molecular weight excluding hydrogens is 286 g/mol. The number of rotatable bonds is 7. The molecule has 4 nitrogen and oxygen atoms in total. The SMILES string of the molecule is CCCc1nc(Cl)c(C)c(NCCOc2ccccc2)n1. The van der Waals surface area contributed by atoms with Crippen LogP contribution in [0.25, 0.3) is 0 Å². The van der Waals surface area contributed by atoms with E-state index >= 15 is 0 Å². The number of hydrogen-bond donors (Lipinski definition) is 1. The summed E-state index contributed by atoms with van der Waals surface area (Å²) in [4.78, 5) is 8.79. The lowest BCUT2D eigenvalue weighted by Crippen LogP contribution is -2.14. The van der Waals surface area contributed by atoms with Crippen molar-refractivity contribution in [1.82, 2.24) is 9.97 Å². The van der Waals surface area contributed by atoms with Gasteiger partial charge in [0.15, 0.2) is 0 Å². The Morgan fingerprint density at radius 2 is 1.95 bits per heavy atom. The van der Waals surface area contributed by atoms with Crippen LogP contribution in [-0.2, 0) is 6.42 Å². The molecule has 1 heterocycles. The van der Waals surface area contributed by atoms with Gasteiger partial charge >= 0.3 is 0 Å². The van der Waals surface area contributed by atoms with Gasteiger partial charge in [-0.2, -0.15) is 0 Å². The number of benzene rings is 1. The molecule has 2 rings (SSSR count).